The molecular formula is C20H24N2O3S. The number of hydrogen-bond acceptors (Lipinski definition) is 3. The number of anilines is 1. The molecule has 1 saturated heterocycles. The molecule has 5 nitrogen and oxygen atoms in total. The van der Waals surface area contributed by atoms with Crippen molar-refractivity contribution in [3.8, 4) is 0 Å². The Morgan fingerprint density at radius 3 is 2.23 bits per heavy atom. The molecule has 0 aliphatic carbocycles. The lowest BCUT2D eigenvalue weighted by Crippen LogP contribution is -2.39. The first-order valence-corrected chi connectivity index (χ1v) is 10.3. The maximum absolute atomic E-state index is 13.1. The van der Waals surface area contributed by atoms with Gasteiger partial charge in [-0.05, 0) is 43.0 Å². The Morgan fingerprint density at radius 2 is 1.58 bits per heavy atom. The fourth-order valence-corrected chi connectivity index (χ4v) is 4.55. The molecule has 0 spiro atoms. The molecule has 0 atom stereocenters. The fraction of sp³-hybridized carbons (Fsp3) is 0.350. The molecule has 1 aliphatic heterocycles. The number of likely N-dealkylation sites (tertiary alicyclic amines) is 1. The van der Waals surface area contributed by atoms with Gasteiger partial charge in [-0.2, -0.15) is 0 Å². The van der Waals surface area contributed by atoms with Gasteiger partial charge >= 0.3 is 0 Å². The maximum Gasteiger partial charge on any atom is 0.264 e. The third-order valence-corrected chi connectivity index (χ3v) is 6.79. The van der Waals surface area contributed by atoms with Crippen molar-refractivity contribution in [3.05, 3.63) is 60.2 Å². The van der Waals surface area contributed by atoms with Crippen LogP contribution in [0.15, 0.2) is 59.5 Å². The summed E-state index contributed by atoms with van der Waals surface area (Å²) in [6, 6.07) is 15.3. The second kappa shape index (κ2) is 7.50. The zero-order valence-corrected chi connectivity index (χ0v) is 15.9. The number of amides is 1. The summed E-state index contributed by atoms with van der Waals surface area (Å²) < 4.78 is 27.5. The van der Waals surface area contributed by atoms with E-state index >= 15 is 0 Å². The van der Waals surface area contributed by atoms with Crippen LogP contribution in [0.1, 0.15) is 30.1 Å². The molecule has 6 heteroatoms. The van der Waals surface area contributed by atoms with Crippen molar-refractivity contribution < 1.29 is 13.2 Å². The van der Waals surface area contributed by atoms with Gasteiger partial charge in [0.2, 0.25) is 0 Å². The number of sulfonamides is 1. The molecule has 1 heterocycles. The van der Waals surface area contributed by atoms with Crippen molar-refractivity contribution in [1.82, 2.24) is 4.90 Å². The highest BCUT2D eigenvalue weighted by molar-refractivity contribution is 7.92. The number of benzene rings is 2. The Kier molecular flexibility index (Phi) is 5.32. The molecule has 26 heavy (non-hydrogen) atoms. The van der Waals surface area contributed by atoms with E-state index in [0.29, 0.717) is 24.7 Å². The highest BCUT2D eigenvalue weighted by atomic mass is 32.2. The van der Waals surface area contributed by atoms with Crippen LogP contribution in [-0.4, -0.2) is 39.4 Å². The summed E-state index contributed by atoms with van der Waals surface area (Å²) in [4.78, 5) is 14.8. The van der Waals surface area contributed by atoms with E-state index in [1.165, 1.54) is 17.4 Å². The summed E-state index contributed by atoms with van der Waals surface area (Å²) in [5.74, 6) is 0.389. The predicted molar refractivity (Wildman–Crippen MR) is 103 cm³/mol. The summed E-state index contributed by atoms with van der Waals surface area (Å²) in [6.07, 6.45) is 1.90. The quantitative estimate of drug-likeness (QED) is 0.827. The summed E-state index contributed by atoms with van der Waals surface area (Å²) in [5.41, 5.74) is 0.798. The molecule has 138 valence electrons. The van der Waals surface area contributed by atoms with Gasteiger partial charge < -0.3 is 4.90 Å². The van der Waals surface area contributed by atoms with Gasteiger partial charge in [0, 0.05) is 20.1 Å². The molecular weight excluding hydrogens is 348 g/mol. The molecule has 1 amide bonds. The number of piperidine rings is 1. The van der Waals surface area contributed by atoms with E-state index in [-0.39, 0.29) is 16.4 Å². The van der Waals surface area contributed by atoms with Crippen molar-refractivity contribution in [1.29, 1.82) is 0 Å². The van der Waals surface area contributed by atoms with Crippen LogP contribution in [0.3, 0.4) is 0 Å². The summed E-state index contributed by atoms with van der Waals surface area (Å²) in [6.45, 7) is 3.51. The van der Waals surface area contributed by atoms with Crippen molar-refractivity contribution in [3.63, 3.8) is 0 Å². The monoisotopic (exact) mass is 372 g/mol. The Labute approximate surface area is 155 Å². The van der Waals surface area contributed by atoms with Gasteiger partial charge in [-0.1, -0.05) is 37.3 Å². The van der Waals surface area contributed by atoms with Crippen molar-refractivity contribution >= 4 is 21.6 Å². The van der Waals surface area contributed by atoms with Crippen LogP contribution in [0, 0.1) is 5.92 Å². The summed E-state index contributed by atoms with van der Waals surface area (Å²) in [5, 5.41) is 0. The zero-order valence-electron chi connectivity index (χ0n) is 15.1. The van der Waals surface area contributed by atoms with Crippen LogP contribution >= 0.6 is 0 Å². The number of carbonyl (C=O) groups is 1. The Bertz CT molecular complexity index is 873. The van der Waals surface area contributed by atoms with E-state index in [2.05, 4.69) is 6.92 Å². The van der Waals surface area contributed by atoms with Crippen LogP contribution in [0.2, 0.25) is 0 Å². The van der Waals surface area contributed by atoms with Gasteiger partial charge in [0.05, 0.1) is 11.3 Å². The largest absolute Gasteiger partial charge is 0.339 e. The van der Waals surface area contributed by atoms with Gasteiger partial charge in [0.1, 0.15) is 4.90 Å². The lowest BCUT2D eigenvalue weighted by atomic mass is 9.98. The van der Waals surface area contributed by atoms with Gasteiger partial charge in [-0.3, -0.25) is 9.10 Å². The smallest absolute Gasteiger partial charge is 0.264 e. The Morgan fingerprint density at radius 1 is 1.00 bits per heavy atom. The number of hydrogen-bond donors (Lipinski definition) is 0. The van der Waals surface area contributed by atoms with E-state index in [1.54, 1.807) is 47.4 Å². The Balaban J connectivity index is 1.95. The van der Waals surface area contributed by atoms with Gasteiger partial charge in [-0.25, -0.2) is 8.42 Å². The average molecular weight is 372 g/mol. The molecule has 1 aliphatic rings. The van der Waals surface area contributed by atoms with E-state index < -0.39 is 10.0 Å². The van der Waals surface area contributed by atoms with Crippen LogP contribution in [0.5, 0.6) is 0 Å². The summed E-state index contributed by atoms with van der Waals surface area (Å²) >= 11 is 0. The molecule has 0 N–H and O–H groups in total. The van der Waals surface area contributed by atoms with Crippen molar-refractivity contribution in [2.75, 3.05) is 24.4 Å². The van der Waals surface area contributed by atoms with Crippen LogP contribution in [0.25, 0.3) is 0 Å². The second-order valence-corrected chi connectivity index (χ2v) is 8.72. The molecule has 3 rings (SSSR count). The van der Waals surface area contributed by atoms with E-state index in [0.717, 1.165) is 12.8 Å². The molecule has 0 aromatic heterocycles. The minimum atomic E-state index is -3.83. The topological polar surface area (TPSA) is 57.7 Å². The molecule has 2 aromatic rings. The number of nitrogens with zero attached hydrogens (tertiary/aromatic N) is 2. The molecule has 0 bridgehead atoms. The van der Waals surface area contributed by atoms with Gasteiger partial charge in [0.25, 0.3) is 15.9 Å². The molecule has 2 aromatic carbocycles. The number of carbonyl (C=O) groups excluding carboxylic acids is 1. The predicted octanol–water partition coefficient (Wildman–Crippen LogP) is 3.38. The molecule has 0 unspecified atom stereocenters. The third-order valence-electron chi connectivity index (χ3n) is 4.95. The van der Waals surface area contributed by atoms with Gasteiger partial charge in [0.15, 0.2) is 0 Å². The van der Waals surface area contributed by atoms with Crippen LogP contribution in [-0.2, 0) is 10.0 Å². The van der Waals surface area contributed by atoms with Gasteiger partial charge in [-0.15, -0.1) is 0 Å². The van der Waals surface area contributed by atoms with Crippen molar-refractivity contribution in [2.45, 2.75) is 24.7 Å². The lowest BCUT2D eigenvalue weighted by molar-refractivity contribution is 0.0693. The minimum Gasteiger partial charge on any atom is -0.339 e. The standard InChI is InChI=1S/C20H24N2O3S/c1-16-12-14-22(15-13-16)20(23)18-10-6-7-11-19(18)26(24,25)21(2)17-8-4-3-5-9-17/h3-11,16H,12-15H2,1-2H3. The zero-order chi connectivity index (χ0) is 18.7. The van der Waals surface area contributed by atoms with Crippen molar-refractivity contribution in [2.24, 2.45) is 5.92 Å². The first-order chi connectivity index (χ1) is 12.4. The fourth-order valence-electron chi connectivity index (χ4n) is 3.17. The van der Waals surface area contributed by atoms with Crippen LogP contribution < -0.4 is 4.31 Å². The Hall–Kier alpha value is -2.34. The normalized spacial score (nSPS) is 15.7. The lowest BCUT2D eigenvalue weighted by Gasteiger charge is -2.31. The maximum atomic E-state index is 13.1. The number of rotatable bonds is 4. The average Bonchev–Trinajstić information content (AvgIpc) is 2.68. The minimum absolute atomic E-state index is 0.0509. The highest BCUT2D eigenvalue weighted by Gasteiger charge is 2.29. The van der Waals surface area contributed by atoms with E-state index in [1.807, 2.05) is 6.07 Å². The van der Waals surface area contributed by atoms with E-state index in [4.69, 9.17) is 0 Å². The first kappa shape index (κ1) is 18.5. The molecule has 0 radical (unpaired) electrons. The van der Waals surface area contributed by atoms with E-state index in [9.17, 15) is 13.2 Å². The molecule has 1 fully saturated rings. The third kappa shape index (κ3) is 3.60. The van der Waals surface area contributed by atoms with Crippen LogP contribution in [0.4, 0.5) is 5.69 Å². The molecule has 0 saturated carbocycles. The highest BCUT2D eigenvalue weighted by Crippen LogP contribution is 2.26. The first-order valence-electron chi connectivity index (χ1n) is 8.83. The number of para-hydroxylation sites is 1. The SMILES string of the molecule is CC1CCN(C(=O)c2ccccc2S(=O)(=O)N(C)c2ccccc2)CC1. The second-order valence-electron chi connectivity index (χ2n) is 6.78. The summed E-state index contributed by atoms with van der Waals surface area (Å²) in [7, 11) is -2.32.